The molecule has 0 heterocycles. The Morgan fingerprint density at radius 1 is 1.33 bits per heavy atom. The van der Waals surface area contributed by atoms with E-state index in [1.54, 1.807) is 19.1 Å². The van der Waals surface area contributed by atoms with Crippen molar-refractivity contribution >= 4 is 28.9 Å². The van der Waals surface area contributed by atoms with Crippen LogP contribution >= 0.6 is 23.2 Å². The zero-order valence-corrected chi connectivity index (χ0v) is 8.02. The maximum absolute atomic E-state index is 5.79. The van der Waals surface area contributed by atoms with Gasteiger partial charge in [0.2, 0.25) is 0 Å². The summed E-state index contributed by atoms with van der Waals surface area (Å²) in [6, 6.07) is 5.27. The van der Waals surface area contributed by atoms with Crippen molar-refractivity contribution in [2.45, 2.75) is 6.92 Å². The molecule has 2 N–H and O–H groups in total. The van der Waals surface area contributed by atoms with Crippen LogP contribution in [0.4, 0.5) is 0 Å². The van der Waals surface area contributed by atoms with Gasteiger partial charge < -0.3 is 5.84 Å². The summed E-state index contributed by atoms with van der Waals surface area (Å²) in [6.07, 6.45) is 0. The number of hydrogen-bond acceptors (Lipinski definition) is 2. The van der Waals surface area contributed by atoms with Crippen LogP contribution in [0, 0.1) is 0 Å². The van der Waals surface area contributed by atoms with Crippen LogP contribution in [0.5, 0.6) is 0 Å². The van der Waals surface area contributed by atoms with Crippen molar-refractivity contribution in [3.05, 3.63) is 33.8 Å². The fourth-order valence-electron chi connectivity index (χ4n) is 0.796. The summed E-state index contributed by atoms with van der Waals surface area (Å²) in [4.78, 5) is 0. The van der Waals surface area contributed by atoms with Crippen molar-refractivity contribution in [1.82, 2.24) is 0 Å². The fourth-order valence-corrected chi connectivity index (χ4v) is 1.09. The minimum absolute atomic E-state index is 0.511. The minimum atomic E-state index is 0.511. The molecule has 0 fully saturated rings. The average molecular weight is 203 g/mol. The van der Waals surface area contributed by atoms with Crippen LogP contribution < -0.4 is 5.84 Å². The number of benzene rings is 1. The van der Waals surface area contributed by atoms with Gasteiger partial charge in [-0.25, -0.2) is 0 Å². The maximum Gasteiger partial charge on any atom is 0.0642 e. The largest absolute Gasteiger partial charge is 0.323 e. The second kappa shape index (κ2) is 3.78. The highest BCUT2D eigenvalue weighted by molar-refractivity contribution is 6.42. The van der Waals surface area contributed by atoms with Gasteiger partial charge >= 0.3 is 0 Å². The van der Waals surface area contributed by atoms with E-state index in [1.165, 1.54) is 0 Å². The number of hydrazone groups is 1. The predicted octanol–water partition coefficient (Wildman–Crippen LogP) is 2.68. The van der Waals surface area contributed by atoms with Gasteiger partial charge in [0.1, 0.15) is 0 Å². The van der Waals surface area contributed by atoms with Crippen LogP contribution in [-0.4, -0.2) is 5.71 Å². The van der Waals surface area contributed by atoms with E-state index in [0.29, 0.717) is 10.0 Å². The molecule has 64 valence electrons. The highest BCUT2D eigenvalue weighted by atomic mass is 35.5. The lowest BCUT2D eigenvalue weighted by atomic mass is 10.1. The number of nitrogens with zero attached hydrogens (tertiary/aromatic N) is 1. The van der Waals surface area contributed by atoms with Crippen LogP contribution in [0.25, 0.3) is 0 Å². The third kappa shape index (κ3) is 1.90. The van der Waals surface area contributed by atoms with Gasteiger partial charge in [-0.2, -0.15) is 5.10 Å². The molecule has 0 radical (unpaired) electrons. The van der Waals surface area contributed by atoms with Crippen LogP contribution in [0.1, 0.15) is 12.5 Å². The lowest BCUT2D eigenvalue weighted by molar-refractivity contribution is 1.24. The fraction of sp³-hybridized carbons (Fsp3) is 0.125. The molecule has 0 saturated carbocycles. The van der Waals surface area contributed by atoms with E-state index in [0.717, 1.165) is 11.3 Å². The third-order valence-electron chi connectivity index (χ3n) is 1.53. The van der Waals surface area contributed by atoms with Gasteiger partial charge in [-0.3, -0.25) is 0 Å². The molecule has 0 aliphatic rings. The van der Waals surface area contributed by atoms with E-state index in [2.05, 4.69) is 5.10 Å². The first-order chi connectivity index (χ1) is 5.65. The molecular weight excluding hydrogens is 195 g/mol. The van der Waals surface area contributed by atoms with Crippen molar-refractivity contribution in [2.75, 3.05) is 0 Å². The van der Waals surface area contributed by atoms with Crippen molar-refractivity contribution in [1.29, 1.82) is 0 Å². The first kappa shape index (κ1) is 9.36. The molecular formula is C8H8Cl2N2. The van der Waals surface area contributed by atoms with Gasteiger partial charge in [0.25, 0.3) is 0 Å². The number of rotatable bonds is 1. The molecule has 0 bridgehead atoms. The van der Waals surface area contributed by atoms with E-state index >= 15 is 0 Å². The van der Waals surface area contributed by atoms with E-state index in [1.807, 2.05) is 6.07 Å². The van der Waals surface area contributed by atoms with Gasteiger partial charge in [-0.15, -0.1) is 0 Å². The standard InChI is InChI=1S/C8H8Cl2N2/c1-5(12-11)6-2-3-7(9)8(10)4-6/h2-4H,11H2,1H3/b12-5-. The quantitative estimate of drug-likeness (QED) is 0.425. The van der Waals surface area contributed by atoms with Gasteiger partial charge in [-0.05, 0) is 24.6 Å². The van der Waals surface area contributed by atoms with Crippen LogP contribution in [0.3, 0.4) is 0 Å². The summed E-state index contributed by atoms with van der Waals surface area (Å²) in [7, 11) is 0. The first-order valence-corrected chi connectivity index (χ1v) is 4.10. The molecule has 12 heavy (non-hydrogen) atoms. The second-order valence-electron chi connectivity index (χ2n) is 2.34. The molecule has 1 rings (SSSR count). The van der Waals surface area contributed by atoms with Gasteiger partial charge in [0.05, 0.1) is 15.8 Å². The molecule has 0 unspecified atom stereocenters. The monoisotopic (exact) mass is 202 g/mol. The SMILES string of the molecule is C/C(=N/N)c1ccc(Cl)c(Cl)c1. The van der Waals surface area contributed by atoms with Crippen molar-refractivity contribution in [3.8, 4) is 0 Å². The summed E-state index contributed by atoms with van der Waals surface area (Å²) in [5.41, 5.74) is 1.61. The third-order valence-corrected chi connectivity index (χ3v) is 2.27. The Labute approximate surface area is 81.0 Å². The lowest BCUT2D eigenvalue weighted by Gasteiger charge is -2.00. The molecule has 0 aliphatic heterocycles. The predicted molar refractivity (Wildman–Crippen MR) is 52.9 cm³/mol. The van der Waals surface area contributed by atoms with Crippen LogP contribution in [-0.2, 0) is 0 Å². The Bertz CT molecular complexity index is 321. The number of nitrogens with two attached hydrogens (primary N) is 1. The Balaban J connectivity index is 3.13. The van der Waals surface area contributed by atoms with Crippen molar-refractivity contribution in [2.24, 2.45) is 10.9 Å². The number of hydrogen-bond donors (Lipinski definition) is 1. The Morgan fingerprint density at radius 2 is 2.00 bits per heavy atom. The van der Waals surface area contributed by atoms with E-state index in [4.69, 9.17) is 29.0 Å². The van der Waals surface area contributed by atoms with Gasteiger partial charge in [-0.1, -0.05) is 29.3 Å². The maximum atomic E-state index is 5.79. The molecule has 2 nitrogen and oxygen atoms in total. The summed E-state index contributed by atoms with van der Waals surface area (Å²) in [5.74, 6) is 5.10. The summed E-state index contributed by atoms with van der Waals surface area (Å²) < 4.78 is 0. The van der Waals surface area contributed by atoms with Crippen LogP contribution in [0.2, 0.25) is 10.0 Å². The summed E-state index contributed by atoms with van der Waals surface area (Å²) in [5, 5.41) is 4.59. The van der Waals surface area contributed by atoms with Crippen LogP contribution in [0.15, 0.2) is 23.3 Å². The van der Waals surface area contributed by atoms with Gasteiger partial charge in [0.15, 0.2) is 0 Å². The van der Waals surface area contributed by atoms with E-state index in [9.17, 15) is 0 Å². The Morgan fingerprint density at radius 3 is 2.50 bits per heavy atom. The molecule has 0 saturated heterocycles. The first-order valence-electron chi connectivity index (χ1n) is 3.35. The highest BCUT2D eigenvalue weighted by Gasteiger charge is 2.01. The second-order valence-corrected chi connectivity index (χ2v) is 3.16. The van der Waals surface area contributed by atoms with Crippen molar-refractivity contribution < 1.29 is 0 Å². The van der Waals surface area contributed by atoms with E-state index in [-0.39, 0.29) is 0 Å². The zero-order valence-electron chi connectivity index (χ0n) is 6.51. The minimum Gasteiger partial charge on any atom is -0.323 e. The smallest absolute Gasteiger partial charge is 0.0642 e. The molecule has 4 heteroatoms. The van der Waals surface area contributed by atoms with E-state index < -0.39 is 0 Å². The normalized spacial score (nSPS) is 11.8. The molecule has 1 aromatic carbocycles. The summed E-state index contributed by atoms with van der Waals surface area (Å²) >= 11 is 11.5. The highest BCUT2D eigenvalue weighted by Crippen LogP contribution is 2.22. The molecule has 0 aliphatic carbocycles. The average Bonchev–Trinajstić information content (AvgIpc) is 2.08. The Kier molecular flexibility index (Phi) is 2.95. The molecule has 0 spiro atoms. The molecule has 0 amide bonds. The molecule has 0 aromatic heterocycles. The van der Waals surface area contributed by atoms with Crippen molar-refractivity contribution in [3.63, 3.8) is 0 Å². The number of halogens is 2. The molecule has 1 aromatic rings. The summed E-state index contributed by atoms with van der Waals surface area (Å²) in [6.45, 7) is 1.81. The topological polar surface area (TPSA) is 38.4 Å². The lowest BCUT2D eigenvalue weighted by Crippen LogP contribution is -1.98. The Hall–Kier alpha value is -0.730. The zero-order chi connectivity index (χ0) is 9.14. The molecule has 0 atom stereocenters. The van der Waals surface area contributed by atoms with Gasteiger partial charge in [0, 0.05) is 0 Å².